The van der Waals surface area contributed by atoms with Crippen molar-refractivity contribution in [3.8, 4) is 0 Å². The Hall–Kier alpha value is 0.554. The fourth-order valence-corrected chi connectivity index (χ4v) is 1.54. The Morgan fingerprint density at radius 3 is 0.739 bits per heavy atom. The maximum Gasteiger partial charge on any atom is 4.00 e. The van der Waals surface area contributed by atoms with Crippen LogP contribution in [0.5, 0.6) is 0 Å². The third-order valence-corrected chi connectivity index (χ3v) is 2.61. The Morgan fingerprint density at radius 2 is 0.609 bits per heavy atom. The molecule has 136 valence electrons. The summed E-state index contributed by atoms with van der Waals surface area (Å²) >= 11 is 0. The number of rotatable bonds is 12. The third kappa shape index (κ3) is 34.8. The molecule has 0 atom stereocenters. The van der Waals surface area contributed by atoms with Crippen LogP contribution in [-0.2, 0) is 21.7 Å². The summed E-state index contributed by atoms with van der Waals surface area (Å²) in [6, 6.07) is 1.92. The SMILES string of the molecule is CC(C)[N-]CCC[N-]C(C)C.CC(C)[N-]CCC[N-]C(C)C.[Ti+4]. The molecule has 0 heterocycles. The van der Waals surface area contributed by atoms with Crippen molar-refractivity contribution in [2.45, 2.75) is 92.4 Å². The second kappa shape index (κ2) is 20.6. The molecule has 0 radical (unpaired) electrons. The molecule has 0 bridgehead atoms. The summed E-state index contributed by atoms with van der Waals surface area (Å²) in [6.45, 7) is 20.8. The normalized spacial score (nSPS) is 11.0. The summed E-state index contributed by atoms with van der Waals surface area (Å²) in [4.78, 5) is 0. The van der Waals surface area contributed by atoms with Gasteiger partial charge in [-0.2, -0.15) is 26.2 Å². The molecule has 0 amide bonds. The van der Waals surface area contributed by atoms with Gasteiger partial charge in [-0.3, -0.25) is 0 Å². The van der Waals surface area contributed by atoms with Gasteiger partial charge in [0.25, 0.3) is 0 Å². The molecule has 0 saturated carbocycles. The minimum Gasteiger partial charge on any atom is -0.660 e. The molecule has 0 saturated heterocycles. The van der Waals surface area contributed by atoms with Gasteiger partial charge in [-0.15, -0.1) is 24.2 Å². The molecule has 0 rings (SSSR count). The quantitative estimate of drug-likeness (QED) is 0.308. The van der Waals surface area contributed by atoms with E-state index < -0.39 is 0 Å². The summed E-state index contributed by atoms with van der Waals surface area (Å²) < 4.78 is 0. The molecular weight excluding hydrogens is 320 g/mol. The van der Waals surface area contributed by atoms with Gasteiger partial charge in [-0.05, 0) is 0 Å². The Balaban J connectivity index is -0.000000333. The maximum atomic E-state index is 4.36. The maximum absolute atomic E-state index is 4.36. The second-order valence-corrected chi connectivity index (χ2v) is 6.71. The van der Waals surface area contributed by atoms with Gasteiger partial charge in [0.15, 0.2) is 0 Å². The molecule has 0 aliphatic carbocycles. The van der Waals surface area contributed by atoms with E-state index in [-0.39, 0.29) is 21.7 Å². The second-order valence-electron chi connectivity index (χ2n) is 6.71. The summed E-state index contributed by atoms with van der Waals surface area (Å²) in [5, 5.41) is 17.4. The van der Waals surface area contributed by atoms with Crippen molar-refractivity contribution >= 4 is 0 Å². The first kappa shape index (κ1) is 28.4. The van der Waals surface area contributed by atoms with Crippen LogP contribution in [0.1, 0.15) is 68.2 Å². The molecule has 0 aliphatic heterocycles. The van der Waals surface area contributed by atoms with Gasteiger partial charge in [0.1, 0.15) is 0 Å². The topological polar surface area (TPSA) is 56.4 Å². The first-order valence-electron chi connectivity index (χ1n) is 8.92. The van der Waals surface area contributed by atoms with E-state index in [2.05, 4.69) is 76.7 Å². The van der Waals surface area contributed by atoms with E-state index >= 15 is 0 Å². The molecule has 0 aliphatic rings. The Labute approximate surface area is 161 Å². The van der Waals surface area contributed by atoms with Gasteiger partial charge in [-0.25, -0.2) is 0 Å². The van der Waals surface area contributed by atoms with Crippen LogP contribution >= 0.6 is 0 Å². The minimum absolute atomic E-state index is 0. The Morgan fingerprint density at radius 1 is 0.435 bits per heavy atom. The molecule has 0 aromatic carbocycles. The first-order chi connectivity index (χ1) is 10.3. The standard InChI is InChI=1S/2C9H20N2.Ti/c2*1-8(2)10-6-5-7-11-9(3)4;/h2*8-9H,5-7H2,1-4H3;/q2*-2;+4. The van der Waals surface area contributed by atoms with Crippen LogP contribution in [0.3, 0.4) is 0 Å². The van der Waals surface area contributed by atoms with Gasteiger partial charge < -0.3 is 21.3 Å². The van der Waals surface area contributed by atoms with E-state index in [0.717, 1.165) is 39.0 Å². The predicted molar refractivity (Wildman–Crippen MR) is 103 cm³/mol. The van der Waals surface area contributed by atoms with Crippen LogP contribution in [0.15, 0.2) is 0 Å². The molecule has 5 heteroatoms. The van der Waals surface area contributed by atoms with Gasteiger partial charge in [0.05, 0.1) is 0 Å². The molecule has 0 unspecified atom stereocenters. The predicted octanol–water partition coefficient (Wildman–Crippen LogP) is 5.88. The van der Waals surface area contributed by atoms with E-state index in [9.17, 15) is 0 Å². The van der Waals surface area contributed by atoms with Crippen molar-refractivity contribution in [2.75, 3.05) is 26.2 Å². The van der Waals surface area contributed by atoms with Gasteiger partial charge in [0.2, 0.25) is 0 Å². The summed E-state index contributed by atoms with van der Waals surface area (Å²) in [5.41, 5.74) is 0. The average molecular weight is 360 g/mol. The fraction of sp³-hybridized carbons (Fsp3) is 1.00. The Kier molecular flexibility index (Phi) is 25.4. The van der Waals surface area contributed by atoms with E-state index in [1.165, 1.54) is 0 Å². The third-order valence-electron chi connectivity index (χ3n) is 2.61. The van der Waals surface area contributed by atoms with E-state index in [1.807, 2.05) is 0 Å². The number of hydrogen-bond acceptors (Lipinski definition) is 0. The molecule has 23 heavy (non-hydrogen) atoms. The van der Waals surface area contributed by atoms with Crippen molar-refractivity contribution in [3.05, 3.63) is 21.3 Å². The van der Waals surface area contributed by atoms with Crippen LogP contribution in [0.4, 0.5) is 0 Å². The molecule has 0 fully saturated rings. The van der Waals surface area contributed by atoms with Crippen LogP contribution in [0.25, 0.3) is 21.3 Å². The average Bonchev–Trinajstić information content (AvgIpc) is 2.37. The smallest absolute Gasteiger partial charge is 0.660 e. The van der Waals surface area contributed by atoms with Gasteiger partial charge in [0, 0.05) is 0 Å². The van der Waals surface area contributed by atoms with Crippen LogP contribution < -0.4 is 0 Å². The fourth-order valence-electron chi connectivity index (χ4n) is 1.54. The monoisotopic (exact) mass is 360 g/mol. The van der Waals surface area contributed by atoms with Crippen molar-refractivity contribution in [3.63, 3.8) is 0 Å². The zero-order valence-corrected chi connectivity index (χ0v) is 18.4. The van der Waals surface area contributed by atoms with E-state index in [4.69, 9.17) is 0 Å². The summed E-state index contributed by atoms with van der Waals surface area (Å²) in [7, 11) is 0. The summed E-state index contributed by atoms with van der Waals surface area (Å²) in [6.07, 6.45) is 2.22. The van der Waals surface area contributed by atoms with E-state index in [0.29, 0.717) is 24.2 Å². The van der Waals surface area contributed by atoms with Crippen molar-refractivity contribution in [1.82, 2.24) is 0 Å². The minimum atomic E-state index is 0. The van der Waals surface area contributed by atoms with E-state index in [1.54, 1.807) is 0 Å². The molecule has 0 aromatic heterocycles. The van der Waals surface area contributed by atoms with Crippen LogP contribution in [-0.4, -0.2) is 50.3 Å². The molecule has 0 spiro atoms. The van der Waals surface area contributed by atoms with Gasteiger partial charge in [-0.1, -0.05) is 68.2 Å². The number of hydrogen-bond donors (Lipinski definition) is 0. The van der Waals surface area contributed by atoms with Crippen molar-refractivity contribution in [1.29, 1.82) is 0 Å². The molecule has 0 N–H and O–H groups in total. The first-order valence-corrected chi connectivity index (χ1v) is 8.92. The number of nitrogens with zero attached hydrogens (tertiary/aromatic N) is 4. The molecule has 0 aromatic rings. The molecular formula is C18H40N4Ti. The van der Waals surface area contributed by atoms with Gasteiger partial charge >= 0.3 is 21.7 Å². The van der Waals surface area contributed by atoms with Crippen molar-refractivity contribution < 1.29 is 21.7 Å². The molecule has 4 nitrogen and oxygen atoms in total. The van der Waals surface area contributed by atoms with Crippen LogP contribution in [0, 0.1) is 0 Å². The van der Waals surface area contributed by atoms with Crippen molar-refractivity contribution in [2.24, 2.45) is 0 Å². The Bertz CT molecular complexity index is 167. The van der Waals surface area contributed by atoms with Crippen LogP contribution in [0.2, 0.25) is 0 Å². The zero-order chi connectivity index (χ0) is 17.4. The largest absolute Gasteiger partial charge is 4.00 e. The summed E-state index contributed by atoms with van der Waals surface area (Å²) in [5.74, 6) is 0. The zero-order valence-electron chi connectivity index (χ0n) is 16.8.